The van der Waals surface area contributed by atoms with Gasteiger partial charge in [-0.3, -0.25) is 9.59 Å². The zero-order valence-electron chi connectivity index (χ0n) is 19.5. The van der Waals surface area contributed by atoms with E-state index in [2.05, 4.69) is 47.7 Å². The third-order valence-electron chi connectivity index (χ3n) is 5.15. The predicted octanol–water partition coefficient (Wildman–Crippen LogP) is 7.10. The number of amides is 2. The Labute approximate surface area is 240 Å². The maximum Gasteiger partial charge on any atom is 0.343 e. The van der Waals surface area contributed by atoms with Crippen LogP contribution in [-0.2, 0) is 0 Å². The molecule has 0 aromatic heterocycles. The molecule has 4 rings (SSSR count). The number of benzene rings is 4. The van der Waals surface area contributed by atoms with Gasteiger partial charge in [-0.05, 0) is 78.9 Å². The quantitative estimate of drug-likeness (QED) is 0.0961. The van der Waals surface area contributed by atoms with Crippen molar-refractivity contribution in [2.45, 2.75) is 0 Å². The third kappa shape index (κ3) is 7.16. The highest BCUT2D eigenvalue weighted by Crippen LogP contribution is 2.23. The summed E-state index contributed by atoms with van der Waals surface area (Å²) in [7, 11) is 0. The minimum Gasteiger partial charge on any atom is -0.422 e. The maximum absolute atomic E-state index is 12.9. The van der Waals surface area contributed by atoms with E-state index < -0.39 is 11.9 Å². The lowest BCUT2D eigenvalue weighted by atomic mass is 10.1. The molecular weight excluding hydrogens is 638 g/mol. The number of para-hydroxylation sites is 1. The van der Waals surface area contributed by atoms with E-state index in [1.165, 1.54) is 6.21 Å². The van der Waals surface area contributed by atoms with Crippen LogP contribution in [0.1, 0.15) is 36.6 Å². The summed E-state index contributed by atoms with van der Waals surface area (Å²) < 4.78 is 7.09. The first kappa shape index (κ1) is 27.3. The number of ether oxygens (including phenoxy) is 1. The van der Waals surface area contributed by atoms with Gasteiger partial charge in [0.25, 0.3) is 11.8 Å². The number of hydrogen-bond acceptors (Lipinski definition) is 5. The highest BCUT2D eigenvalue weighted by atomic mass is 79.9. The van der Waals surface area contributed by atoms with E-state index in [1.807, 2.05) is 0 Å². The van der Waals surface area contributed by atoms with Gasteiger partial charge in [0.1, 0.15) is 5.75 Å². The van der Waals surface area contributed by atoms with Crippen LogP contribution in [0, 0.1) is 0 Å². The van der Waals surface area contributed by atoms with E-state index in [-0.39, 0.29) is 17.2 Å². The van der Waals surface area contributed by atoms with Crippen LogP contribution in [0.2, 0.25) is 5.02 Å². The Morgan fingerprint density at radius 2 is 1.45 bits per heavy atom. The monoisotopic (exact) mass is 653 g/mol. The van der Waals surface area contributed by atoms with Crippen LogP contribution in [0.5, 0.6) is 5.75 Å². The van der Waals surface area contributed by atoms with Gasteiger partial charge in [-0.2, -0.15) is 5.10 Å². The Bertz CT molecular complexity index is 1520. The van der Waals surface area contributed by atoms with Gasteiger partial charge >= 0.3 is 5.97 Å². The number of anilines is 1. The SMILES string of the molecule is O=C(Nc1ccccc1C(=O)N/N=C\c1cc(Br)ccc1OC(=O)c1ccc(Cl)cc1)c1ccc(Br)cc1. The van der Waals surface area contributed by atoms with Crippen molar-refractivity contribution in [1.29, 1.82) is 0 Å². The van der Waals surface area contributed by atoms with Crippen molar-refractivity contribution in [3.8, 4) is 5.75 Å². The molecule has 0 aliphatic rings. The topological polar surface area (TPSA) is 96.9 Å². The summed E-state index contributed by atoms with van der Waals surface area (Å²) >= 11 is 12.6. The van der Waals surface area contributed by atoms with Crippen LogP contribution >= 0.6 is 43.5 Å². The van der Waals surface area contributed by atoms with E-state index in [1.54, 1.807) is 91.0 Å². The molecule has 0 saturated carbocycles. The number of carbonyl (C=O) groups is 3. The van der Waals surface area contributed by atoms with Gasteiger partial charge in [0.05, 0.1) is 23.0 Å². The minimum atomic E-state index is -0.571. The van der Waals surface area contributed by atoms with Crippen molar-refractivity contribution in [2.75, 3.05) is 5.32 Å². The minimum absolute atomic E-state index is 0.221. The highest BCUT2D eigenvalue weighted by Gasteiger charge is 2.15. The Balaban J connectivity index is 1.47. The molecule has 0 unspecified atom stereocenters. The summed E-state index contributed by atoms with van der Waals surface area (Å²) in [6.07, 6.45) is 1.36. The first-order chi connectivity index (χ1) is 18.3. The number of nitrogens with one attached hydrogen (secondary N) is 2. The Morgan fingerprint density at radius 3 is 2.18 bits per heavy atom. The summed E-state index contributed by atoms with van der Waals surface area (Å²) in [6.45, 7) is 0. The second-order valence-electron chi connectivity index (χ2n) is 7.78. The fourth-order valence-corrected chi connectivity index (χ4v) is 4.03. The van der Waals surface area contributed by atoms with Crippen LogP contribution in [0.3, 0.4) is 0 Å². The van der Waals surface area contributed by atoms with Crippen LogP contribution in [0.15, 0.2) is 105 Å². The molecule has 0 aliphatic carbocycles. The molecule has 0 radical (unpaired) electrons. The van der Waals surface area contributed by atoms with Gasteiger partial charge in [0.15, 0.2) is 0 Å². The van der Waals surface area contributed by atoms with Gasteiger partial charge in [0.2, 0.25) is 0 Å². The molecule has 4 aromatic carbocycles. The zero-order valence-corrected chi connectivity index (χ0v) is 23.4. The first-order valence-electron chi connectivity index (χ1n) is 11.1. The molecule has 0 fully saturated rings. The van der Waals surface area contributed by atoms with Crippen molar-refractivity contribution in [1.82, 2.24) is 5.43 Å². The normalized spacial score (nSPS) is 10.7. The number of carbonyl (C=O) groups excluding carboxylic acids is 3. The molecule has 2 amide bonds. The Kier molecular flexibility index (Phi) is 9.06. The zero-order chi connectivity index (χ0) is 27.1. The van der Waals surface area contributed by atoms with Gasteiger partial charge in [0, 0.05) is 25.1 Å². The smallest absolute Gasteiger partial charge is 0.343 e. The molecule has 0 bridgehead atoms. The largest absolute Gasteiger partial charge is 0.422 e. The Hall–Kier alpha value is -3.79. The van der Waals surface area contributed by atoms with Crippen molar-refractivity contribution in [3.05, 3.63) is 127 Å². The average molecular weight is 656 g/mol. The van der Waals surface area contributed by atoms with E-state index >= 15 is 0 Å². The van der Waals surface area contributed by atoms with Gasteiger partial charge in [-0.1, -0.05) is 55.6 Å². The van der Waals surface area contributed by atoms with E-state index in [9.17, 15) is 14.4 Å². The molecule has 190 valence electrons. The lowest BCUT2D eigenvalue weighted by Gasteiger charge is -2.10. The van der Waals surface area contributed by atoms with Crippen molar-refractivity contribution in [3.63, 3.8) is 0 Å². The number of nitrogens with zero attached hydrogens (tertiary/aromatic N) is 1. The predicted molar refractivity (Wildman–Crippen MR) is 154 cm³/mol. The van der Waals surface area contributed by atoms with E-state index in [0.29, 0.717) is 27.4 Å². The summed E-state index contributed by atoms with van der Waals surface area (Å²) in [4.78, 5) is 38.1. The third-order valence-corrected chi connectivity index (χ3v) is 6.42. The lowest BCUT2D eigenvalue weighted by molar-refractivity contribution is 0.0733. The number of hydrazone groups is 1. The van der Waals surface area contributed by atoms with Gasteiger partial charge in [-0.15, -0.1) is 0 Å². The van der Waals surface area contributed by atoms with Crippen LogP contribution in [0.4, 0.5) is 5.69 Å². The number of rotatable bonds is 7. The van der Waals surface area contributed by atoms with Crippen molar-refractivity contribution >= 4 is 73.1 Å². The average Bonchev–Trinajstić information content (AvgIpc) is 2.91. The fraction of sp³-hybridized carbons (Fsp3) is 0. The van der Waals surface area contributed by atoms with Crippen molar-refractivity contribution < 1.29 is 19.1 Å². The summed E-state index contributed by atoms with van der Waals surface area (Å²) in [5.41, 5.74) is 4.21. The molecule has 2 N–H and O–H groups in total. The molecule has 4 aromatic rings. The molecule has 10 heteroatoms. The molecule has 0 saturated heterocycles. The number of halogens is 3. The molecule has 0 spiro atoms. The van der Waals surface area contributed by atoms with Crippen LogP contribution in [0.25, 0.3) is 0 Å². The molecule has 0 aliphatic heterocycles. The van der Waals surface area contributed by atoms with Crippen LogP contribution < -0.4 is 15.5 Å². The number of hydrogen-bond donors (Lipinski definition) is 2. The highest BCUT2D eigenvalue weighted by molar-refractivity contribution is 9.10. The van der Waals surface area contributed by atoms with E-state index in [0.717, 1.165) is 8.95 Å². The first-order valence-corrected chi connectivity index (χ1v) is 13.0. The molecule has 0 atom stereocenters. The summed E-state index contributed by atoms with van der Waals surface area (Å²) in [6, 6.07) is 24.7. The van der Waals surface area contributed by atoms with E-state index in [4.69, 9.17) is 16.3 Å². The van der Waals surface area contributed by atoms with Crippen molar-refractivity contribution in [2.24, 2.45) is 5.10 Å². The summed E-state index contributed by atoms with van der Waals surface area (Å²) in [5.74, 6) is -1.23. The van der Waals surface area contributed by atoms with Crippen LogP contribution in [-0.4, -0.2) is 24.0 Å². The fourth-order valence-electron chi connectivity index (χ4n) is 3.26. The molecular formula is C28H18Br2ClN3O4. The molecule has 0 heterocycles. The molecule has 38 heavy (non-hydrogen) atoms. The maximum atomic E-state index is 12.9. The lowest BCUT2D eigenvalue weighted by Crippen LogP contribution is -2.21. The summed E-state index contributed by atoms with van der Waals surface area (Å²) in [5, 5.41) is 7.28. The standard InChI is InChI=1S/C28H18Br2ClN3O4/c29-20-9-5-17(6-10-20)26(35)33-24-4-2-1-3-23(24)27(36)34-32-16-19-15-21(30)11-14-25(19)38-28(37)18-7-12-22(31)13-8-18/h1-16H,(H,33,35)(H,34,36)/b32-16-. The van der Waals surface area contributed by atoms with Gasteiger partial charge in [-0.25, -0.2) is 10.2 Å². The Morgan fingerprint density at radius 1 is 0.789 bits per heavy atom. The number of esters is 1. The molecule has 7 nitrogen and oxygen atoms in total. The second kappa shape index (κ2) is 12.6. The van der Waals surface area contributed by atoms with Gasteiger partial charge < -0.3 is 10.1 Å². The second-order valence-corrected chi connectivity index (χ2v) is 10.1.